The van der Waals surface area contributed by atoms with Crippen LogP contribution in [0.1, 0.15) is 21.5 Å². The van der Waals surface area contributed by atoms with Gasteiger partial charge < -0.3 is 24.8 Å². The van der Waals surface area contributed by atoms with Crippen molar-refractivity contribution in [3.63, 3.8) is 0 Å². The van der Waals surface area contributed by atoms with Crippen LogP contribution < -0.4 is 30.4 Å². The summed E-state index contributed by atoms with van der Waals surface area (Å²) < 4.78 is 31.5. The lowest BCUT2D eigenvalue weighted by Gasteiger charge is -2.15. The molecule has 0 saturated heterocycles. The van der Waals surface area contributed by atoms with Crippen LogP contribution in [-0.4, -0.2) is 22.5 Å². The zero-order valence-electron chi connectivity index (χ0n) is 22.5. The molecule has 4 aromatic carbocycles. The molecule has 0 saturated carbocycles. The van der Waals surface area contributed by atoms with Crippen molar-refractivity contribution in [2.75, 3.05) is 12.1 Å². The molecule has 10 heteroatoms. The van der Waals surface area contributed by atoms with E-state index in [0.29, 0.717) is 40.7 Å². The lowest BCUT2D eigenvalue weighted by Crippen LogP contribution is -2.24. The third-order valence-corrected chi connectivity index (χ3v) is 6.63. The van der Waals surface area contributed by atoms with Crippen molar-refractivity contribution >= 4 is 17.3 Å². The monoisotopic (exact) mass is 564 g/mol. The van der Waals surface area contributed by atoms with Crippen LogP contribution in [0.25, 0.3) is 5.69 Å². The van der Waals surface area contributed by atoms with Gasteiger partial charge in [-0.25, -0.2) is 4.39 Å². The second-order valence-corrected chi connectivity index (χ2v) is 9.52. The summed E-state index contributed by atoms with van der Waals surface area (Å²) in [6.45, 7) is 2.39. The first-order valence-corrected chi connectivity index (χ1v) is 13.1. The molecule has 9 nitrogen and oxygen atoms in total. The highest BCUT2D eigenvalue weighted by atomic mass is 19.1. The van der Waals surface area contributed by atoms with Crippen LogP contribution in [0.3, 0.4) is 0 Å². The third kappa shape index (κ3) is 5.64. The first kappa shape index (κ1) is 26.6. The van der Waals surface area contributed by atoms with Gasteiger partial charge in [0, 0.05) is 17.8 Å². The minimum absolute atomic E-state index is 0.123. The number of rotatable bonds is 8. The standard InChI is InChI=1S/C32H25FN4O5/c1-20-4-2-3-5-26(20)42-29-18-35-37(25-13-9-23(33)10-14-25)32(39)30(29)36-24-11-7-22(8-12-24)31(38)34-17-21-6-15-27-28(16-21)41-19-40-27/h2-16,18,36H,17,19H2,1H3,(H,34,38). The molecule has 0 aliphatic carbocycles. The maximum atomic E-state index is 13.6. The fourth-order valence-corrected chi connectivity index (χ4v) is 4.37. The quantitative estimate of drug-likeness (QED) is 0.243. The molecule has 0 bridgehead atoms. The van der Waals surface area contributed by atoms with Crippen LogP contribution in [0, 0.1) is 12.7 Å². The van der Waals surface area contributed by atoms with E-state index in [-0.39, 0.29) is 24.1 Å². The maximum absolute atomic E-state index is 13.6. The lowest BCUT2D eigenvalue weighted by molar-refractivity contribution is 0.0951. The van der Waals surface area contributed by atoms with Crippen LogP contribution >= 0.6 is 0 Å². The number of hydrogen-bond donors (Lipinski definition) is 2. The van der Waals surface area contributed by atoms with E-state index in [4.69, 9.17) is 14.2 Å². The van der Waals surface area contributed by atoms with Gasteiger partial charge in [0.05, 0.1) is 11.9 Å². The SMILES string of the molecule is Cc1ccccc1Oc1cnn(-c2ccc(F)cc2)c(=O)c1Nc1ccc(C(=O)NCc2ccc3c(c2)OCO3)cc1. The summed E-state index contributed by atoms with van der Waals surface area (Å²) in [6.07, 6.45) is 1.43. The molecule has 210 valence electrons. The number of halogens is 1. The Kier molecular flexibility index (Phi) is 7.25. The van der Waals surface area contributed by atoms with Crippen LogP contribution in [0.5, 0.6) is 23.0 Å². The normalized spacial score (nSPS) is 11.7. The van der Waals surface area contributed by atoms with Crippen LogP contribution in [0.15, 0.2) is 102 Å². The number of hydrogen-bond acceptors (Lipinski definition) is 7. The minimum Gasteiger partial charge on any atom is -0.454 e. The Hall–Kier alpha value is -5.64. The Morgan fingerprint density at radius 1 is 0.952 bits per heavy atom. The maximum Gasteiger partial charge on any atom is 0.299 e. The second-order valence-electron chi connectivity index (χ2n) is 9.52. The molecule has 2 N–H and O–H groups in total. The van der Waals surface area contributed by atoms with Crippen molar-refractivity contribution in [3.8, 4) is 28.7 Å². The third-order valence-electron chi connectivity index (χ3n) is 6.63. The molecule has 1 aliphatic rings. The average Bonchev–Trinajstić information content (AvgIpc) is 3.48. The Labute approximate surface area is 240 Å². The predicted molar refractivity (Wildman–Crippen MR) is 155 cm³/mol. The number of carbonyl (C=O) groups excluding carboxylic acids is 1. The highest BCUT2D eigenvalue weighted by Crippen LogP contribution is 2.33. The van der Waals surface area contributed by atoms with Crippen molar-refractivity contribution in [1.82, 2.24) is 15.1 Å². The second kappa shape index (κ2) is 11.5. The Balaban J connectivity index is 1.23. The van der Waals surface area contributed by atoms with E-state index in [1.54, 1.807) is 30.3 Å². The van der Waals surface area contributed by atoms with Gasteiger partial charge in [0.2, 0.25) is 6.79 Å². The van der Waals surface area contributed by atoms with E-state index in [1.165, 1.54) is 30.5 Å². The predicted octanol–water partition coefficient (Wildman–Crippen LogP) is 5.87. The summed E-state index contributed by atoms with van der Waals surface area (Å²) in [5.41, 5.74) is 2.75. The fraction of sp³-hybridized carbons (Fsp3) is 0.0938. The smallest absolute Gasteiger partial charge is 0.299 e. The van der Waals surface area contributed by atoms with Gasteiger partial charge in [0.1, 0.15) is 11.6 Å². The Bertz CT molecular complexity index is 1820. The van der Waals surface area contributed by atoms with E-state index in [2.05, 4.69) is 15.7 Å². The number of carbonyl (C=O) groups is 1. The first-order valence-electron chi connectivity index (χ1n) is 13.1. The molecule has 2 heterocycles. The largest absolute Gasteiger partial charge is 0.454 e. The van der Waals surface area contributed by atoms with Crippen molar-refractivity contribution < 1.29 is 23.4 Å². The molecule has 0 spiro atoms. The summed E-state index contributed by atoms with van der Waals surface area (Å²) in [4.78, 5) is 26.4. The average molecular weight is 565 g/mol. The van der Waals surface area contributed by atoms with Gasteiger partial charge in [-0.05, 0) is 84.8 Å². The molecule has 1 aromatic heterocycles. The zero-order valence-corrected chi connectivity index (χ0v) is 22.5. The number of nitrogens with one attached hydrogen (secondary N) is 2. The molecule has 0 radical (unpaired) electrons. The van der Waals surface area contributed by atoms with Crippen molar-refractivity contribution in [3.05, 3.63) is 130 Å². The van der Waals surface area contributed by atoms with E-state index in [9.17, 15) is 14.0 Å². The summed E-state index contributed by atoms with van der Waals surface area (Å²) in [5, 5.41) is 10.3. The number of aromatic nitrogens is 2. The van der Waals surface area contributed by atoms with Crippen molar-refractivity contribution in [1.29, 1.82) is 0 Å². The van der Waals surface area contributed by atoms with Gasteiger partial charge in [0.25, 0.3) is 11.5 Å². The number of para-hydroxylation sites is 1. The van der Waals surface area contributed by atoms with E-state index in [0.717, 1.165) is 15.8 Å². The van der Waals surface area contributed by atoms with Crippen LogP contribution in [0.2, 0.25) is 0 Å². The number of aryl methyl sites for hydroxylation is 1. The molecule has 0 fully saturated rings. The van der Waals surface area contributed by atoms with E-state index in [1.807, 2.05) is 43.3 Å². The van der Waals surface area contributed by atoms with Gasteiger partial charge in [-0.3, -0.25) is 9.59 Å². The Morgan fingerprint density at radius 3 is 2.50 bits per heavy atom. The van der Waals surface area contributed by atoms with Gasteiger partial charge in [-0.1, -0.05) is 24.3 Å². The summed E-state index contributed by atoms with van der Waals surface area (Å²) in [5.74, 6) is 1.42. The van der Waals surface area contributed by atoms with Crippen molar-refractivity contribution in [2.24, 2.45) is 0 Å². The number of ether oxygens (including phenoxy) is 3. The first-order chi connectivity index (χ1) is 20.4. The van der Waals surface area contributed by atoms with E-state index < -0.39 is 11.4 Å². The molecular weight excluding hydrogens is 539 g/mol. The number of fused-ring (bicyclic) bond motifs is 1. The minimum atomic E-state index is -0.502. The highest BCUT2D eigenvalue weighted by Gasteiger charge is 2.17. The number of benzene rings is 4. The highest BCUT2D eigenvalue weighted by molar-refractivity contribution is 5.94. The number of anilines is 2. The molecular formula is C32H25FN4O5. The van der Waals surface area contributed by atoms with Gasteiger partial charge in [-0.2, -0.15) is 9.78 Å². The number of amides is 1. The molecule has 1 aliphatic heterocycles. The molecule has 0 atom stereocenters. The van der Waals surface area contributed by atoms with E-state index >= 15 is 0 Å². The number of nitrogens with zero attached hydrogens (tertiary/aromatic N) is 2. The molecule has 5 aromatic rings. The summed E-state index contributed by atoms with van der Waals surface area (Å²) in [6, 6.07) is 25.0. The zero-order chi connectivity index (χ0) is 29.1. The van der Waals surface area contributed by atoms with Crippen LogP contribution in [-0.2, 0) is 6.54 Å². The van der Waals surface area contributed by atoms with Crippen LogP contribution in [0.4, 0.5) is 15.8 Å². The molecule has 42 heavy (non-hydrogen) atoms. The fourth-order valence-electron chi connectivity index (χ4n) is 4.37. The lowest BCUT2D eigenvalue weighted by atomic mass is 10.1. The summed E-state index contributed by atoms with van der Waals surface area (Å²) in [7, 11) is 0. The topological polar surface area (TPSA) is 104 Å². The molecule has 0 unspecified atom stereocenters. The van der Waals surface area contributed by atoms with Gasteiger partial charge >= 0.3 is 0 Å². The molecule has 6 rings (SSSR count). The summed E-state index contributed by atoms with van der Waals surface area (Å²) >= 11 is 0. The van der Waals surface area contributed by atoms with Crippen molar-refractivity contribution in [2.45, 2.75) is 13.5 Å². The Morgan fingerprint density at radius 2 is 1.71 bits per heavy atom. The van der Waals surface area contributed by atoms with Gasteiger partial charge in [-0.15, -0.1) is 0 Å². The molecule has 1 amide bonds. The van der Waals surface area contributed by atoms with Gasteiger partial charge in [0.15, 0.2) is 22.9 Å².